The van der Waals surface area contributed by atoms with Gasteiger partial charge in [0, 0.05) is 25.5 Å². The lowest BCUT2D eigenvalue weighted by molar-refractivity contribution is -0.142. The fourth-order valence-electron chi connectivity index (χ4n) is 2.17. The summed E-state index contributed by atoms with van der Waals surface area (Å²) in [6.07, 6.45) is 2.90. The minimum absolute atomic E-state index is 0.0490. The van der Waals surface area contributed by atoms with Gasteiger partial charge in [-0.2, -0.15) is 0 Å². The van der Waals surface area contributed by atoms with Gasteiger partial charge in [0.15, 0.2) is 0 Å². The molecule has 2 rings (SSSR count). The van der Waals surface area contributed by atoms with Gasteiger partial charge in [-0.15, -0.1) is 0 Å². The van der Waals surface area contributed by atoms with Crippen LogP contribution in [0, 0.1) is 11.8 Å². The summed E-state index contributed by atoms with van der Waals surface area (Å²) >= 11 is 5.91. The number of amides is 1. The number of rotatable bonds is 2. The second-order valence-electron chi connectivity index (χ2n) is 4.49. The van der Waals surface area contributed by atoms with Gasteiger partial charge in [-0.05, 0) is 12.0 Å². The van der Waals surface area contributed by atoms with Crippen LogP contribution >= 0.6 is 11.6 Å². The number of aromatic nitrogens is 1. The normalized spacial score (nSPS) is 23.1. The van der Waals surface area contributed by atoms with E-state index in [9.17, 15) is 9.59 Å². The standard InChI is InChI=1S/C12H13ClN2O3/c1-7-5-15(6-9(7)12(17)18)11(16)8-2-3-14-4-10(8)13/h2-4,7,9H,5-6H2,1H3,(H,17,18)/t7-,9-/m1/s1. The first kappa shape index (κ1) is 12.8. The smallest absolute Gasteiger partial charge is 0.308 e. The quantitative estimate of drug-likeness (QED) is 0.883. The molecule has 0 aliphatic carbocycles. The molecule has 1 aliphatic heterocycles. The van der Waals surface area contributed by atoms with Crippen LogP contribution in [0.3, 0.4) is 0 Å². The van der Waals surface area contributed by atoms with Crippen molar-refractivity contribution in [3.63, 3.8) is 0 Å². The molecule has 0 radical (unpaired) electrons. The summed E-state index contributed by atoms with van der Waals surface area (Å²) in [5.74, 6) is -1.65. The molecule has 1 N–H and O–H groups in total. The minimum atomic E-state index is -0.862. The third-order valence-corrected chi connectivity index (χ3v) is 3.52. The van der Waals surface area contributed by atoms with Gasteiger partial charge in [-0.3, -0.25) is 14.6 Å². The van der Waals surface area contributed by atoms with E-state index >= 15 is 0 Å². The largest absolute Gasteiger partial charge is 0.481 e. The molecule has 18 heavy (non-hydrogen) atoms. The highest BCUT2D eigenvalue weighted by Gasteiger charge is 2.37. The lowest BCUT2D eigenvalue weighted by Gasteiger charge is -2.16. The number of hydrogen-bond acceptors (Lipinski definition) is 3. The zero-order valence-corrected chi connectivity index (χ0v) is 10.6. The third kappa shape index (κ3) is 2.31. The zero-order chi connectivity index (χ0) is 13.3. The molecule has 1 aliphatic rings. The Balaban J connectivity index is 2.17. The number of carboxylic acid groups (broad SMARTS) is 1. The van der Waals surface area contributed by atoms with Crippen LogP contribution in [0.1, 0.15) is 17.3 Å². The van der Waals surface area contributed by atoms with E-state index < -0.39 is 11.9 Å². The molecule has 5 nitrogen and oxygen atoms in total. The van der Waals surface area contributed by atoms with Gasteiger partial charge in [0.05, 0.1) is 16.5 Å². The summed E-state index contributed by atoms with van der Waals surface area (Å²) in [6, 6.07) is 1.55. The van der Waals surface area contributed by atoms with Crippen LogP contribution in [0.2, 0.25) is 5.02 Å². The van der Waals surface area contributed by atoms with Gasteiger partial charge in [0.2, 0.25) is 0 Å². The number of nitrogens with zero attached hydrogens (tertiary/aromatic N) is 2. The summed E-state index contributed by atoms with van der Waals surface area (Å²) in [7, 11) is 0. The molecular weight excluding hydrogens is 256 g/mol. The predicted octanol–water partition coefficient (Wildman–Crippen LogP) is 1.53. The molecule has 96 valence electrons. The highest BCUT2D eigenvalue weighted by molar-refractivity contribution is 6.33. The Labute approximate surface area is 109 Å². The molecule has 0 unspecified atom stereocenters. The summed E-state index contributed by atoms with van der Waals surface area (Å²) in [5, 5.41) is 9.32. The lowest BCUT2D eigenvalue weighted by atomic mass is 9.99. The van der Waals surface area contributed by atoms with E-state index in [0.717, 1.165) is 0 Å². The Kier molecular flexibility index (Phi) is 3.52. The van der Waals surface area contributed by atoms with Gasteiger partial charge in [-0.1, -0.05) is 18.5 Å². The Morgan fingerprint density at radius 2 is 2.22 bits per heavy atom. The number of carboxylic acids is 1. The van der Waals surface area contributed by atoms with E-state index in [1.54, 1.807) is 6.07 Å². The van der Waals surface area contributed by atoms with Crippen LogP contribution in [0.4, 0.5) is 0 Å². The van der Waals surface area contributed by atoms with Gasteiger partial charge >= 0.3 is 5.97 Å². The summed E-state index contributed by atoms with van der Waals surface area (Å²) < 4.78 is 0. The van der Waals surface area contributed by atoms with Crippen LogP contribution in [-0.4, -0.2) is 40.0 Å². The van der Waals surface area contributed by atoms with Crippen LogP contribution < -0.4 is 0 Å². The topological polar surface area (TPSA) is 70.5 Å². The SMILES string of the molecule is C[C@@H]1CN(C(=O)c2ccncc2Cl)C[C@H]1C(=O)O. The number of hydrogen-bond donors (Lipinski definition) is 1. The average molecular weight is 269 g/mol. The molecule has 1 fully saturated rings. The predicted molar refractivity (Wildman–Crippen MR) is 65.4 cm³/mol. The van der Waals surface area contributed by atoms with Crippen molar-refractivity contribution < 1.29 is 14.7 Å². The van der Waals surface area contributed by atoms with Crippen molar-refractivity contribution in [2.45, 2.75) is 6.92 Å². The van der Waals surface area contributed by atoms with Crippen molar-refractivity contribution in [1.29, 1.82) is 0 Å². The van der Waals surface area contributed by atoms with Crippen LogP contribution in [0.15, 0.2) is 18.5 Å². The third-order valence-electron chi connectivity index (χ3n) is 3.22. The highest BCUT2D eigenvalue weighted by Crippen LogP contribution is 2.26. The van der Waals surface area contributed by atoms with Crippen molar-refractivity contribution in [2.75, 3.05) is 13.1 Å². The second-order valence-corrected chi connectivity index (χ2v) is 4.89. The number of likely N-dealkylation sites (tertiary alicyclic amines) is 1. The number of pyridine rings is 1. The maximum Gasteiger partial charge on any atom is 0.308 e. The molecule has 6 heteroatoms. The first-order valence-corrected chi connectivity index (χ1v) is 6.00. The molecule has 0 spiro atoms. The number of carbonyl (C=O) groups is 2. The summed E-state index contributed by atoms with van der Waals surface area (Å²) in [6.45, 7) is 2.50. The van der Waals surface area contributed by atoms with E-state index in [0.29, 0.717) is 12.1 Å². The van der Waals surface area contributed by atoms with Gasteiger partial charge in [0.25, 0.3) is 5.91 Å². The Morgan fingerprint density at radius 3 is 2.78 bits per heavy atom. The molecule has 0 saturated carbocycles. The first-order valence-electron chi connectivity index (χ1n) is 5.62. The maximum atomic E-state index is 12.2. The summed E-state index contributed by atoms with van der Waals surface area (Å²) in [4.78, 5) is 28.6. The Morgan fingerprint density at radius 1 is 1.50 bits per heavy atom. The van der Waals surface area contributed by atoms with E-state index in [4.69, 9.17) is 16.7 Å². The highest BCUT2D eigenvalue weighted by atomic mass is 35.5. The van der Waals surface area contributed by atoms with Crippen molar-refractivity contribution >= 4 is 23.5 Å². The number of carbonyl (C=O) groups excluding carboxylic acids is 1. The van der Waals surface area contributed by atoms with Crippen molar-refractivity contribution in [2.24, 2.45) is 11.8 Å². The molecule has 0 bridgehead atoms. The van der Waals surface area contributed by atoms with E-state index in [1.165, 1.54) is 17.3 Å². The number of aliphatic carboxylic acids is 1. The minimum Gasteiger partial charge on any atom is -0.481 e. The fourth-order valence-corrected chi connectivity index (χ4v) is 2.37. The van der Waals surface area contributed by atoms with E-state index in [1.807, 2.05) is 6.92 Å². The number of halogens is 1. The second kappa shape index (κ2) is 4.94. The Hall–Kier alpha value is -1.62. The van der Waals surface area contributed by atoms with Crippen molar-refractivity contribution in [1.82, 2.24) is 9.88 Å². The van der Waals surface area contributed by atoms with Crippen LogP contribution in [0.5, 0.6) is 0 Å². The van der Waals surface area contributed by atoms with E-state index in [-0.39, 0.29) is 23.4 Å². The summed E-state index contributed by atoms with van der Waals surface area (Å²) in [5.41, 5.74) is 0.366. The average Bonchev–Trinajstić information content (AvgIpc) is 2.71. The lowest BCUT2D eigenvalue weighted by Crippen LogP contribution is -2.30. The molecule has 1 amide bonds. The van der Waals surface area contributed by atoms with Gasteiger partial charge < -0.3 is 10.0 Å². The molecule has 1 aromatic rings. The fraction of sp³-hybridized carbons (Fsp3) is 0.417. The van der Waals surface area contributed by atoms with Crippen molar-refractivity contribution in [3.8, 4) is 0 Å². The first-order chi connectivity index (χ1) is 8.50. The monoisotopic (exact) mass is 268 g/mol. The zero-order valence-electron chi connectivity index (χ0n) is 9.84. The van der Waals surface area contributed by atoms with E-state index in [2.05, 4.69) is 4.98 Å². The molecule has 2 heterocycles. The van der Waals surface area contributed by atoms with Gasteiger partial charge in [-0.25, -0.2) is 0 Å². The van der Waals surface area contributed by atoms with Crippen molar-refractivity contribution in [3.05, 3.63) is 29.0 Å². The molecule has 2 atom stereocenters. The van der Waals surface area contributed by atoms with Crippen LogP contribution in [-0.2, 0) is 4.79 Å². The molecule has 1 aromatic heterocycles. The molecule has 0 aromatic carbocycles. The van der Waals surface area contributed by atoms with Gasteiger partial charge in [0.1, 0.15) is 0 Å². The Bertz CT molecular complexity index is 492. The van der Waals surface area contributed by atoms with Crippen LogP contribution in [0.25, 0.3) is 0 Å². The maximum absolute atomic E-state index is 12.2. The molecular formula is C12H13ClN2O3. The molecule has 1 saturated heterocycles.